The first kappa shape index (κ1) is 13.5. The highest BCUT2D eigenvalue weighted by atomic mass is 32.2. The molecule has 5 heteroatoms. The minimum Gasteiger partial charge on any atom is -0.477 e. The first-order chi connectivity index (χ1) is 9.06. The molecule has 0 aliphatic rings. The molecule has 0 spiro atoms. The predicted molar refractivity (Wildman–Crippen MR) is 71.9 cm³/mol. The van der Waals surface area contributed by atoms with Crippen LogP contribution >= 0.6 is 11.8 Å². The summed E-state index contributed by atoms with van der Waals surface area (Å²) in [5, 5.41) is 8.85. The van der Waals surface area contributed by atoms with Gasteiger partial charge in [-0.05, 0) is 42.3 Å². The fourth-order valence-corrected chi connectivity index (χ4v) is 2.56. The van der Waals surface area contributed by atoms with Crippen molar-refractivity contribution in [1.82, 2.24) is 4.98 Å². The standard InChI is InChI=1S/C14H12FNO2S/c1-9-2-3-11(15)6-10(9)8-19-12-4-5-16-13(7-12)14(17)18/h2-7H,8H2,1H3,(H,17,18). The smallest absolute Gasteiger partial charge is 0.354 e. The lowest BCUT2D eigenvalue weighted by Gasteiger charge is -2.06. The summed E-state index contributed by atoms with van der Waals surface area (Å²) in [6.45, 7) is 1.92. The number of aromatic nitrogens is 1. The molecule has 19 heavy (non-hydrogen) atoms. The monoisotopic (exact) mass is 277 g/mol. The lowest BCUT2D eigenvalue weighted by Crippen LogP contribution is -1.99. The van der Waals surface area contributed by atoms with Crippen molar-refractivity contribution in [3.05, 3.63) is 59.2 Å². The summed E-state index contributed by atoms with van der Waals surface area (Å²) in [7, 11) is 0. The lowest BCUT2D eigenvalue weighted by atomic mass is 10.1. The summed E-state index contributed by atoms with van der Waals surface area (Å²) >= 11 is 1.46. The van der Waals surface area contributed by atoms with Gasteiger partial charge in [0.05, 0.1) is 0 Å². The molecule has 0 aliphatic carbocycles. The average Bonchev–Trinajstić information content (AvgIpc) is 2.40. The summed E-state index contributed by atoms with van der Waals surface area (Å²) in [4.78, 5) is 15.4. The number of halogens is 1. The van der Waals surface area contributed by atoms with Crippen molar-refractivity contribution < 1.29 is 14.3 Å². The highest BCUT2D eigenvalue weighted by Gasteiger charge is 2.06. The molecule has 0 fully saturated rings. The van der Waals surface area contributed by atoms with E-state index in [2.05, 4.69) is 4.98 Å². The third-order valence-corrected chi connectivity index (χ3v) is 3.70. The summed E-state index contributed by atoms with van der Waals surface area (Å²) in [5.74, 6) is -0.723. The van der Waals surface area contributed by atoms with E-state index < -0.39 is 5.97 Å². The van der Waals surface area contributed by atoms with E-state index >= 15 is 0 Å². The average molecular weight is 277 g/mol. The Morgan fingerprint density at radius 2 is 2.16 bits per heavy atom. The van der Waals surface area contributed by atoms with E-state index in [4.69, 9.17) is 5.11 Å². The van der Waals surface area contributed by atoms with Gasteiger partial charge in [0.2, 0.25) is 0 Å². The lowest BCUT2D eigenvalue weighted by molar-refractivity contribution is 0.0690. The van der Waals surface area contributed by atoms with Crippen molar-refractivity contribution in [3.8, 4) is 0 Å². The van der Waals surface area contributed by atoms with Gasteiger partial charge in [-0.15, -0.1) is 11.8 Å². The van der Waals surface area contributed by atoms with Gasteiger partial charge in [0.15, 0.2) is 0 Å². The van der Waals surface area contributed by atoms with Crippen LogP contribution in [-0.2, 0) is 5.75 Å². The van der Waals surface area contributed by atoms with E-state index in [9.17, 15) is 9.18 Å². The molecule has 2 aromatic rings. The van der Waals surface area contributed by atoms with Crippen LogP contribution in [0.15, 0.2) is 41.4 Å². The number of pyridine rings is 1. The summed E-state index contributed by atoms with van der Waals surface area (Å²) in [6, 6.07) is 7.92. The summed E-state index contributed by atoms with van der Waals surface area (Å²) < 4.78 is 13.1. The number of hydrogen-bond donors (Lipinski definition) is 1. The second kappa shape index (κ2) is 5.84. The van der Waals surface area contributed by atoms with Crippen LogP contribution in [0.4, 0.5) is 4.39 Å². The van der Waals surface area contributed by atoms with Gasteiger partial charge in [-0.25, -0.2) is 14.2 Å². The zero-order valence-corrected chi connectivity index (χ0v) is 11.1. The van der Waals surface area contributed by atoms with Crippen molar-refractivity contribution in [1.29, 1.82) is 0 Å². The maximum absolute atomic E-state index is 13.1. The highest BCUT2D eigenvalue weighted by Crippen LogP contribution is 2.25. The Hall–Kier alpha value is -1.88. The number of aryl methyl sites for hydroxylation is 1. The van der Waals surface area contributed by atoms with E-state index in [1.54, 1.807) is 12.1 Å². The van der Waals surface area contributed by atoms with E-state index in [1.165, 1.54) is 36.2 Å². The van der Waals surface area contributed by atoms with Crippen molar-refractivity contribution in [2.45, 2.75) is 17.6 Å². The largest absolute Gasteiger partial charge is 0.477 e. The van der Waals surface area contributed by atoms with Crippen molar-refractivity contribution in [2.75, 3.05) is 0 Å². The molecule has 0 aliphatic heterocycles. The van der Waals surface area contributed by atoms with E-state index in [1.807, 2.05) is 6.92 Å². The van der Waals surface area contributed by atoms with Crippen LogP contribution < -0.4 is 0 Å². The number of carboxylic acids is 1. The van der Waals surface area contributed by atoms with E-state index in [0.717, 1.165) is 16.0 Å². The molecule has 0 amide bonds. The minimum atomic E-state index is -1.05. The van der Waals surface area contributed by atoms with Crippen LogP contribution in [0.3, 0.4) is 0 Å². The molecule has 1 aromatic heterocycles. The summed E-state index contributed by atoms with van der Waals surface area (Å²) in [5.41, 5.74) is 1.93. The second-order valence-corrected chi connectivity index (χ2v) is 5.09. The molecule has 0 bridgehead atoms. The van der Waals surface area contributed by atoms with Gasteiger partial charge < -0.3 is 5.11 Å². The summed E-state index contributed by atoms with van der Waals surface area (Å²) in [6.07, 6.45) is 1.46. The van der Waals surface area contributed by atoms with E-state index in [0.29, 0.717) is 5.75 Å². The van der Waals surface area contributed by atoms with Gasteiger partial charge in [0, 0.05) is 16.8 Å². The topological polar surface area (TPSA) is 50.2 Å². The first-order valence-corrected chi connectivity index (χ1v) is 6.62. The Morgan fingerprint density at radius 3 is 2.89 bits per heavy atom. The molecule has 0 radical (unpaired) electrons. The third-order valence-electron chi connectivity index (χ3n) is 2.66. The Balaban J connectivity index is 2.12. The molecular weight excluding hydrogens is 265 g/mol. The number of nitrogens with zero attached hydrogens (tertiary/aromatic N) is 1. The van der Waals surface area contributed by atoms with Gasteiger partial charge in [0.25, 0.3) is 0 Å². The normalized spacial score (nSPS) is 10.4. The fraction of sp³-hybridized carbons (Fsp3) is 0.143. The van der Waals surface area contributed by atoms with Crippen molar-refractivity contribution >= 4 is 17.7 Å². The second-order valence-electron chi connectivity index (χ2n) is 4.04. The van der Waals surface area contributed by atoms with Gasteiger partial charge in [-0.2, -0.15) is 0 Å². The number of carboxylic acid groups (broad SMARTS) is 1. The first-order valence-electron chi connectivity index (χ1n) is 5.63. The number of carbonyl (C=O) groups is 1. The number of thioether (sulfide) groups is 1. The van der Waals surface area contributed by atoms with Crippen molar-refractivity contribution in [2.24, 2.45) is 0 Å². The zero-order valence-electron chi connectivity index (χ0n) is 10.3. The molecule has 0 saturated carbocycles. The zero-order chi connectivity index (χ0) is 13.8. The van der Waals surface area contributed by atoms with Crippen LogP contribution in [0, 0.1) is 12.7 Å². The fourth-order valence-electron chi connectivity index (χ4n) is 1.57. The molecule has 0 atom stereocenters. The number of aromatic carboxylic acids is 1. The molecule has 2 rings (SSSR count). The van der Waals surface area contributed by atoms with Crippen LogP contribution in [0.5, 0.6) is 0 Å². The molecular formula is C14H12FNO2S. The third kappa shape index (κ3) is 3.54. The maximum Gasteiger partial charge on any atom is 0.354 e. The van der Waals surface area contributed by atoms with Crippen LogP contribution in [-0.4, -0.2) is 16.1 Å². The van der Waals surface area contributed by atoms with Gasteiger partial charge in [-0.3, -0.25) is 0 Å². The predicted octanol–water partition coefficient (Wildman–Crippen LogP) is 3.52. The maximum atomic E-state index is 13.1. The van der Waals surface area contributed by atoms with Crippen LogP contribution in [0.1, 0.15) is 21.6 Å². The Morgan fingerprint density at radius 1 is 1.37 bits per heavy atom. The molecule has 1 aromatic carbocycles. The molecule has 98 valence electrons. The quantitative estimate of drug-likeness (QED) is 0.869. The SMILES string of the molecule is Cc1ccc(F)cc1CSc1ccnc(C(=O)O)c1. The van der Waals surface area contributed by atoms with Gasteiger partial charge >= 0.3 is 5.97 Å². The Labute approximate surface area is 114 Å². The highest BCUT2D eigenvalue weighted by molar-refractivity contribution is 7.98. The van der Waals surface area contributed by atoms with Crippen LogP contribution in [0.2, 0.25) is 0 Å². The molecule has 1 N–H and O–H groups in total. The number of benzene rings is 1. The number of rotatable bonds is 4. The molecule has 0 saturated heterocycles. The van der Waals surface area contributed by atoms with Crippen molar-refractivity contribution in [3.63, 3.8) is 0 Å². The van der Waals surface area contributed by atoms with Crippen LogP contribution in [0.25, 0.3) is 0 Å². The molecule has 1 heterocycles. The van der Waals surface area contributed by atoms with Gasteiger partial charge in [-0.1, -0.05) is 6.07 Å². The van der Waals surface area contributed by atoms with Gasteiger partial charge in [0.1, 0.15) is 11.5 Å². The van der Waals surface area contributed by atoms with E-state index in [-0.39, 0.29) is 11.5 Å². The molecule has 3 nitrogen and oxygen atoms in total. The Kier molecular flexibility index (Phi) is 4.16. The molecule has 0 unspecified atom stereocenters. The Bertz CT molecular complexity index is 616. The minimum absolute atomic E-state index is 0.0148. The number of hydrogen-bond acceptors (Lipinski definition) is 3.